The molecule has 15 atom stereocenters. The number of benzene rings is 3. The Bertz CT molecular complexity index is 3330. The third kappa shape index (κ3) is 26.6. The zero-order valence-electron chi connectivity index (χ0n) is 63.3. The van der Waals surface area contributed by atoms with Gasteiger partial charge < -0.3 is 103 Å². The Kier molecular flexibility index (Phi) is 29.5. The highest BCUT2D eigenvalue weighted by Crippen LogP contribution is 2.43. The molecule has 1 aliphatic carbocycles. The number of aliphatic hydroxyl groups is 1. The van der Waals surface area contributed by atoms with Crippen LogP contribution in [0.5, 0.6) is 0 Å². The van der Waals surface area contributed by atoms with Crippen LogP contribution in [0.25, 0.3) is 0 Å². The third-order valence-corrected chi connectivity index (χ3v) is 15.6. The summed E-state index contributed by atoms with van der Waals surface area (Å²) in [6, 6.07) is 20.3. The van der Waals surface area contributed by atoms with Gasteiger partial charge in [-0.1, -0.05) is 91.0 Å². The van der Waals surface area contributed by atoms with Crippen molar-refractivity contribution in [1.82, 2.24) is 31.9 Å². The third-order valence-electron chi connectivity index (χ3n) is 15.6. The second-order valence-corrected chi connectivity index (χ2v) is 30.6. The number of amides is 6. The lowest BCUT2D eigenvalue weighted by atomic mass is 9.80. The summed E-state index contributed by atoms with van der Waals surface area (Å²) in [6.45, 7) is 26.9. The van der Waals surface area contributed by atoms with E-state index in [9.17, 15) is 48.3 Å². The summed E-state index contributed by atoms with van der Waals surface area (Å²) < 4.78 is 86.9. The monoisotopic (exact) mass is 1480 g/mol. The van der Waals surface area contributed by atoms with E-state index in [1.54, 1.807) is 119 Å². The maximum absolute atomic E-state index is 15.3. The molecule has 0 radical (unpaired) electrons. The lowest BCUT2D eigenvalue weighted by Crippen LogP contribution is -2.76. The molecule has 6 rings (SSSR count). The molecule has 0 bridgehead atoms. The first-order chi connectivity index (χ1) is 48.8. The number of hydrogen-bond donors (Lipinski definition) is 7. The number of carbonyl (C=O) groups is 10. The molecule has 582 valence electrons. The topological polar surface area (TPSA) is 392 Å². The molecule has 1 saturated carbocycles. The van der Waals surface area contributed by atoms with Crippen molar-refractivity contribution < 1.29 is 119 Å². The first kappa shape index (κ1) is 85.1. The first-order valence-corrected chi connectivity index (χ1v) is 34.8. The van der Waals surface area contributed by atoms with Crippen LogP contribution < -0.4 is 31.9 Å². The molecule has 6 amide bonds. The summed E-state index contributed by atoms with van der Waals surface area (Å²) in [7, 11) is 0. The number of aliphatic hydroxyl groups excluding tert-OH is 1. The molecular formula is C74H106N6O25. The number of rotatable bonds is 24. The van der Waals surface area contributed by atoms with E-state index in [-0.39, 0.29) is 25.9 Å². The standard InChI is InChI=1S/C74H106N6O25/c1-41(81)93-50(37-38-75-64(87)101-69(5,6)7)61(86)78-53-57(95-43(3)83)54(80-68(91)105-73(17,18)19)59(99-62-49(77-66(89)103-71(11,12)13)36-35-48(97-62)39-76-65(88)102-70(8,9)10)55(85)58(53)100-63-60(96-44(4)84)52(79-67(90)104-72(14,15)16)56(94-42(2)82)51(98-63)40-92-74(45-29-23-20-24-30-45,46-31-25-21-26-32-46)47-33-27-22-28-34-47/h20-34,48-60,62-63,85H,35-40H2,1-19H3,(H,75,87)(H,76,88)(H,77,89)(H,78,86)(H,79,90)(H,80,91)/t48?,49?,50-,51?,52?,53?,54+,55?,56-,57+,58+,59?,60+,62-,63-/m0/s1. The second kappa shape index (κ2) is 36.4. The quantitative estimate of drug-likeness (QED) is 0.0256. The predicted octanol–water partition coefficient (Wildman–Crippen LogP) is 7.70. The van der Waals surface area contributed by atoms with Gasteiger partial charge in [-0.05, 0) is 133 Å². The largest absolute Gasteiger partial charge is 0.458 e. The van der Waals surface area contributed by atoms with Crippen LogP contribution >= 0.6 is 0 Å². The highest BCUT2D eigenvalue weighted by molar-refractivity contribution is 5.84. The van der Waals surface area contributed by atoms with Crippen molar-refractivity contribution in [2.75, 3.05) is 19.7 Å². The van der Waals surface area contributed by atoms with Crippen LogP contribution in [0.2, 0.25) is 0 Å². The minimum atomic E-state index is -2.35. The summed E-state index contributed by atoms with van der Waals surface area (Å²) in [6.07, 6.45) is -26.1. The summed E-state index contributed by atoms with van der Waals surface area (Å²) in [5.74, 6) is -5.26. The van der Waals surface area contributed by atoms with Gasteiger partial charge >= 0.3 is 54.3 Å². The van der Waals surface area contributed by atoms with Crippen molar-refractivity contribution in [3.8, 4) is 0 Å². The SMILES string of the molecule is CC(=O)O[C@H]1C(COC(c2ccccc2)(c2ccccc2)c2ccccc2)O[C@@H](O[C@H]2C(O)C(O[C@@H]3OC(CNC(=O)OC(C)(C)C)CCC3NC(=O)OC(C)(C)C)[C@H](NC(=O)OC(C)(C)C)[C@H](OC(C)=O)C2NC(=O)[C@H](CCNC(=O)OC(C)(C)C)OC(C)=O)[C@H](OC(C)=O)C1NC(=O)OC(C)(C)C. The van der Waals surface area contributed by atoms with Crippen molar-refractivity contribution in [1.29, 1.82) is 0 Å². The van der Waals surface area contributed by atoms with E-state index in [0.29, 0.717) is 16.7 Å². The lowest BCUT2D eigenvalue weighted by Gasteiger charge is -2.52. The van der Waals surface area contributed by atoms with Crippen LogP contribution in [0.4, 0.5) is 24.0 Å². The van der Waals surface area contributed by atoms with E-state index in [2.05, 4.69) is 31.9 Å². The molecule has 2 heterocycles. The van der Waals surface area contributed by atoms with Crippen molar-refractivity contribution in [2.45, 2.75) is 276 Å². The molecule has 0 aromatic heterocycles. The van der Waals surface area contributed by atoms with Gasteiger partial charge in [0.25, 0.3) is 5.91 Å². The molecule has 31 heteroatoms. The molecule has 31 nitrogen and oxygen atoms in total. The molecule has 3 aromatic rings. The van der Waals surface area contributed by atoms with Crippen molar-refractivity contribution in [3.63, 3.8) is 0 Å². The Labute approximate surface area is 612 Å². The van der Waals surface area contributed by atoms with Gasteiger partial charge in [-0.15, -0.1) is 0 Å². The van der Waals surface area contributed by atoms with E-state index in [4.69, 9.17) is 66.3 Å². The Morgan fingerprint density at radius 2 is 0.838 bits per heavy atom. The Morgan fingerprint density at radius 3 is 1.28 bits per heavy atom. The fourth-order valence-electron chi connectivity index (χ4n) is 11.9. The van der Waals surface area contributed by atoms with Crippen LogP contribution in [0.15, 0.2) is 91.0 Å². The van der Waals surface area contributed by atoms with Gasteiger partial charge in [-0.2, -0.15) is 0 Å². The summed E-state index contributed by atoms with van der Waals surface area (Å²) >= 11 is 0. The molecule has 7 N–H and O–H groups in total. The fourth-order valence-corrected chi connectivity index (χ4v) is 11.9. The van der Waals surface area contributed by atoms with Gasteiger partial charge in [0.05, 0.1) is 24.8 Å². The molecule has 0 spiro atoms. The van der Waals surface area contributed by atoms with Gasteiger partial charge in [0.2, 0.25) is 0 Å². The zero-order valence-corrected chi connectivity index (χ0v) is 63.3. The second-order valence-electron chi connectivity index (χ2n) is 30.6. The Balaban J connectivity index is 1.65. The molecule has 105 heavy (non-hydrogen) atoms. The van der Waals surface area contributed by atoms with E-state index >= 15 is 4.79 Å². The van der Waals surface area contributed by atoms with Gasteiger partial charge in [0.1, 0.15) is 76.2 Å². The maximum Gasteiger partial charge on any atom is 0.408 e. The fraction of sp³-hybridized carbons (Fsp3) is 0.622. The number of carbonyl (C=O) groups excluding carboxylic acids is 10. The molecule has 3 aromatic carbocycles. The highest BCUT2D eigenvalue weighted by Gasteiger charge is 2.60. The molecule has 7 unspecified atom stereocenters. The number of ether oxygens (including phenoxy) is 14. The number of esters is 4. The predicted molar refractivity (Wildman–Crippen MR) is 374 cm³/mol. The number of nitrogens with one attached hydrogen (secondary N) is 6. The van der Waals surface area contributed by atoms with Crippen LogP contribution in [0.1, 0.15) is 168 Å². The Morgan fingerprint density at radius 1 is 0.448 bits per heavy atom. The van der Waals surface area contributed by atoms with Gasteiger partial charge in [-0.3, -0.25) is 24.0 Å². The van der Waals surface area contributed by atoms with E-state index in [0.717, 1.165) is 27.7 Å². The average Bonchev–Trinajstić information content (AvgIpc) is 0.754. The van der Waals surface area contributed by atoms with Crippen LogP contribution in [0, 0.1) is 0 Å². The Hall–Kier alpha value is -8.88. The lowest BCUT2D eigenvalue weighted by molar-refractivity contribution is -0.326. The van der Waals surface area contributed by atoms with Gasteiger partial charge in [0, 0.05) is 47.2 Å². The van der Waals surface area contributed by atoms with Crippen molar-refractivity contribution in [2.24, 2.45) is 0 Å². The molecule has 3 fully saturated rings. The van der Waals surface area contributed by atoms with Gasteiger partial charge in [-0.25, -0.2) is 24.0 Å². The van der Waals surface area contributed by atoms with Crippen molar-refractivity contribution >= 4 is 60.3 Å². The minimum absolute atomic E-state index is 0.0168. The zero-order chi connectivity index (χ0) is 78.2. The first-order valence-electron chi connectivity index (χ1n) is 34.8. The van der Waals surface area contributed by atoms with E-state index < -0.39 is 199 Å². The normalized spacial score (nSPS) is 24.6. The maximum atomic E-state index is 15.3. The molecule has 2 aliphatic heterocycles. The number of hydrogen-bond acceptors (Lipinski definition) is 25. The van der Waals surface area contributed by atoms with Crippen LogP contribution in [0.3, 0.4) is 0 Å². The smallest absolute Gasteiger partial charge is 0.408 e. The summed E-state index contributed by atoms with van der Waals surface area (Å²) in [5, 5.41) is 29.8. The van der Waals surface area contributed by atoms with Crippen LogP contribution in [-0.4, -0.2) is 205 Å². The van der Waals surface area contributed by atoms with Gasteiger partial charge in [0.15, 0.2) is 30.9 Å². The summed E-state index contributed by atoms with van der Waals surface area (Å²) in [4.78, 5) is 139. The van der Waals surface area contributed by atoms with E-state index in [1.165, 1.54) is 20.8 Å². The van der Waals surface area contributed by atoms with E-state index in [1.807, 2.05) is 54.6 Å². The minimum Gasteiger partial charge on any atom is -0.458 e. The summed E-state index contributed by atoms with van der Waals surface area (Å²) in [5.41, 5.74) is -5.12. The molecule has 3 aliphatic rings. The van der Waals surface area contributed by atoms with Crippen molar-refractivity contribution in [3.05, 3.63) is 108 Å². The van der Waals surface area contributed by atoms with Crippen LogP contribution in [-0.2, 0) is 95.9 Å². The molecule has 2 saturated heterocycles. The molecular weight excluding hydrogens is 1370 g/mol. The number of alkyl carbamates (subject to hydrolysis) is 5. The average molecular weight is 1480 g/mol. The highest BCUT2D eigenvalue weighted by atomic mass is 16.7.